The minimum absolute atomic E-state index is 0.0162. The van der Waals surface area contributed by atoms with Crippen LogP contribution in [0.3, 0.4) is 0 Å². The summed E-state index contributed by atoms with van der Waals surface area (Å²) in [4.78, 5) is 13.2. The maximum atomic E-state index is 13.2. The predicted molar refractivity (Wildman–Crippen MR) is 98.2 cm³/mol. The summed E-state index contributed by atoms with van der Waals surface area (Å²) >= 11 is 0. The molecule has 160 valence electrons. The standard InChI is InChI=1S/C20H20O10/c21-7-13-15(25)17(27)20(29-13)30-19-16(26)14-11(24)5-10(23)6-12(14)28-18(19)8-1-3-9(22)4-2-8/h1-6,13,15,17-25,27H,7H2/t13-,15-,17+,18+,19-,20-/m0/s1. The average Bonchev–Trinajstić information content (AvgIpc) is 2.97. The van der Waals surface area contributed by atoms with Crippen molar-refractivity contribution in [1.29, 1.82) is 0 Å². The van der Waals surface area contributed by atoms with Gasteiger partial charge in [-0.15, -0.1) is 0 Å². The van der Waals surface area contributed by atoms with Gasteiger partial charge in [0, 0.05) is 12.1 Å². The van der Waals surface area contributed by atoms with Crippen LogP contribution in [0.15, 0.2) is 36.4 Å². The number of aliphatic hydroxyl groups is 3. The molecule has 4 rings (SSSR count). The Hall–Kier alpha value is -2.89. The van der Waals surface area contributed by atoms with Crippen LogP contribution in [0.1, 0.15) is 22.0 Å². The van der Waals surface area contributed by atoms with E-state index in [0.717, 1.165) is 6.07 Å². The molecule has 2 aromatic carbocycles. The smallest absolute Gasteiger partial charge is 0.203 e. The van der Waals surface area contributed by atoms with E-state index in [1.807, 2.05) is 0 Å². The summed E-state index contributed by atoms with van der Waals surface area (Å²) in [5, 5.41) is 58.8. The van der Waals surface area contributed by atoms with Crippen molar-refractivity contribution in [2.75, 3.05) is 6.61 Å². The van der Waals surface area contributed by atoms with E-state index in [0.29, 0.717) is 5.56 Å². The average molecular weight is 420 g/mol. The Morgan fingerprint density at radius 2 is 1.67 bits per heavy atom. The number of Topliss-reactive ketones (excluding diaryl/α,β-unsaturated/α-hetero) is 1. The monoisotopic (exact) mass is 420 g/mol. The van der Waals surface area contributed by atoms with Crippen molar-refractivity contribution in [2.24, 2.45) is 0 Å². The minimum Gasteiger partial charge on any atom is -0.508 e. The molecule has 0 spiro atoms. The molecule has 0 aromatic heterocycles. The molecule has 1 fully saturated rings. The molecule has 2 aromatic rings. The van der Waals surface area contributed by atoms with Gasteiger partial charge in [0.05, 0.1) is 6.61 Å². The van der Waals surface area contributed by atoms with Gasteiger partial charge in [0.15, 0.2) is 18.5 Å². The first-order valence-corrected chi connectivity index (χ1v) is 9.14. The Bertz CT molecular complexity index is 943. The first-order valence-electron chi connectivity index (χ1n) is 9.14. The Morgan fingerprint density at radius 3 is 2.30 bits per heavy atom. The van der Waals surface area contributed by atoms with Gasteiger partial charge in [0.25, 0.3) is 0 Å². The van der Waals surface area contributed by atoms with Crippen LogP contribution in [-0.4, -0.2) is 73.7 Å². The molecule has 6 N–H and O–H groups in total. The summed E-state index contributed by atoms with van der Waals surface area (Å²) in [5.41, 5.74) is 0.200. The molecule has 10 heteroatoms. The zero-order valence-electron chi connectivity index (χ0n) is 15.5. The lowest BCUT2D eigenvalue weighted by Crippen LogP contribution is -2.44. The molecular weight excluding hydrogens is 400 g/mol. The van der Waals surface area contributed by atoms with Crippen LogP contribution in [-0.2, 0) is 9.47 Å². The Morgan fingerprint density at radius 1 is 0.967 bits per heavy atom. The minimum atomic E-state index is -1.54. The largest absolute Gasteiger partial charge is 0.508 e. The van der Waals surface area contributed by atoms with E-state index >= 15 is 0 Å². The molecule has 6 atom stereocenters. The van der Waals surface area contributed by atoms with Gasteiger partial charge >= 0.3 is 0 Å². The molecule has 1 saturated heterocycles. The van der Waals surface area contributed by atoms with Crippen molar-refractivity contribution in [3.8, 4) is 23.0 Å². The molecule has 0 radical (unpaired) electrons. The highest BCUT2D eigenvalue weighted by atomic mass is 16.7. The third-order valence-electron chi connectivity index (χ3n) is 5.10. The summed E-state index contributed by atoms with van der Waals surface area (Å²) in [6.07, 6.45) is -8.02. The number of benzene rings is 2. The summed E-state index contributed by atoms with van der Waals surface area (Å²) in [5.74, 6) is -1.63. The van der Waals surface area contributed by atoms with Crippen molar-refractivity contribution < 1.29 is 49.6 Å². The molecular formula is C20H20O10. The van der Waals surface area contributed by atoms with E-state index < -0.39 is 54.9 Å². The number of fused-ring (bicyclic) bond motifs is 1. The summed E-state index contributed by atoms with van der Waals surface area (Å²) in [7, 11) is 0. The van der Waals surface area contributed by atoms with Crippen LogP contribution in [0.4, 0.5) is 0 Å². The Balaban J connectivity index is 1.72. The van der Waals surface area contributed by atoms with Crippen molar-refractivity contribution in [1.82, 2.24) is 0 Å². The fourth-order valence-electron chi connectivity index (χ4n) is 3.57. The normalized spacial score (nSPS) is 30.7. The van der Waals surface area contributed by atoms with Crippen molar-refractivity contribution in [3.63, 3.8) is 0 Å². The van der Waals surface area contributed by atoms with E-state index in [2.05, 4.69) is 0 Å². The Kier molecular flexibility index (Phi) is 5.26. The lowest BCUT2D eigenvalue weighted by molar-refractivity contribution is -0.199. The number of hydrogen-bond acceptors (Lipinski definition) is 10. The Labute approximate surface area is 170 Å². The number of phenols is 3. The van der Waals surface area contributed by atoms with Gasteiger partial charge in [0.1, 0.15) is 46.9 Å². The first-order chi connectivity index (χ1) is 14.3. The van der Waals surface area contributed by atoms with Gasteiger partial charge < -0.3 is 44.8 Å². The van der Waals surface area contributed by atoms with Gasteiger partial charge in [-0.1, -0.05) is 12.1 Å². The second kappa shape index (κ2) is 7.74. The fraction of sp³-hybridized carbons (Fsp3) is 0.350. The number of aromatic hydroxyl groups is 3. The zero-order chi connectivity index (χ0) is 21.6. The number of aliphatic hydroxyl groups excluding tert-OH is 3. The van der Waals surface area contributed by atoms with E-state index in [4.69, 9.17) is 14.2 Å². The third kappa shape index (κ3) is 3.44. The fourth-order valence-corrected chi connectivity index (χ4v) is 3.57. The van der Waals surface area contributed by atoms with Crippen LogP contribution in [0, 0.1) is 0 Å². The van der Waals surface area contributed by atoms with Crippen molar-refractivity contribution in [2.45, 2.75) is 36.8 Å². The first kappa shape index (κ1) is 20.4. The van der Waals surface area contributed by atoms with Gasteiger partial charge in [-0.05, 0) is 17.7 Å². The number of rotatable bonds is 4. The number of ketones is 1. The topological polar surface area (TPSA) is 166 Å². The van der Waals surface area contributed by atoms with Gasteiger partial charge in [-0.2, -0.15) is 0 Å². The number of phenolic OH excluding ortho intramolecular Hbond substituents is 3. The number of hydrogen-bond donors (Lipinski definition) is 6. The molecule has 0 unspecified atom stereocenters. The molecule has 0 bridgehead atoms. The molecule has 0 aliphatic carbocycles. The summed E-state index contributed by atoms with van der Waals surface area (Å²) in [6, 6.07) is 7.89. The third-order valence-corrected chi connectivity index (χ3v) is 5.10. The second-order valence-corrected chi connectivity index (χ2v) is 7.10. The van der Waals surface area contributed by atoms with Crippen LogP contribution < -0.4 is 4.74 Å². The second-order valence-electron chi connectivity index (χ2n) is 7.10. The van der Waals surface area contributed by atoms with Crippen molar-refractivity contribution >= 4 is 5.78 Å². The molecule has 30 heavy (non-hydrogen) atoms. The molecule has 0 amide bonds. The predicted octanol–water partition coefficient (Wildman–Crippen LogP) is -0.0560. The molecule has 2 aliphatic heterocycles. The van der Waals surface area contributed by atoms with Crippen molar-refractivity contribution in [3.05, 3.63) is 47.5 Å². The highest BCUT2D eigenvalue weighted by Gasteiger charge is 2.48. The van der Waals surface area contributed by atoms with Crippen LogP contribution in [0.2, 0.25) is 0 Å². The van der Waals surface area contributed by atoms with Gasteiger partial charge in [-0.3, -0.25) is 4.79 Å². The van der Waals surface area contributed by atoms with E-state index in [9.17, 15) is 35.4 Å². The van der Waals surface area contributed by atoms with Crippen LogP contribution in [0.25, 0.3) is 0 Å². The van der Waals surface area contributed by atoms with E-state index in [1.165, 1.54) is 30.3 Å². The van der Waals surface area contributed by atoms with Crippen LogP contribution >= 0.6 is 0 Å². The summed E-state index contributed by atoms with van der Waals surface area (Å²) < 4.78 is 16.8. The lowest BCUT2D eigenvalue weighted by Gasteiger charge is -2.34. The molecule has 0 saturated carbocycles. The number of ether oxygens (including phenoxy) is 3. The number of carbonyl (C=O) groups is 1. The van der Waals surface area contributed by atoms with Crippen LogP contribution in [0.5, 0.6) is 23.0 Å². The lowest BCUT2D eigenvalue weighted by atomic mass is 9.92. The quantitative estimate of drug-likeness (QED) is 0.395. The molecule has 2 aliphatic rings. The maximum absolute atomic E-state index is 13.2. The number of carbonyl (C=O) groups excluding carboxylic acids is 1. The molecule has 10 nitrogen and oxygen atoms in total. The highest BCUT2D eigenvalue weighted by Crippen LogP contribution is 2.43. The van der Waals surface area contributed by atoms with E-state index in [-0.39, 0.29) is 22.8 Å². The van der Waals surface area contributed by atoms with Gasteiger partial charge in [-0.25, -0.2) is 0 Å². The zero-order valence-corrected chi connectivity index (χ0v) is 15.5. The van der Waals surface area contributed by atoms with Gasteiger partial charge in [0.2, 0.25) is 5.78 Å². The molecule has 2 heterocycles. The summed E-state index contributed by atoms with van der Waals surface area (Å²) in [6.45, 7) is -0.572. The highest BCUT2D eigenvalue weighted by molar-refractivity contribution is 6.05. The SMILES string of the molecule is O=C1c2c(O)cc(O)cc2O[C@H](c2ccc(O)cc2)[C@H]1O[C@@H]1O[C@@H](CO)[C@H](O)[C@H]1O. The van der Waals surface area contributed by atoms with E-state index in [1.54, 1.807) is 0 Å². The maximum Gasteiger partial charge on any atom is 0.203 e.